The molecule has 1 aliphatic heterocycles. The average Bonchev–Trinajstić information content (AvgIpc) is 2.84. The molecule has 0 spiro atoms. The van der Waals surface area contributed by atoms with Crippen molar-refractivity contribution in [3.63, 3.8) is 0 Å². The van der Waals surface area contributed by atoms with E-state index in [1.165, 1.54) is 32.1 Å². The Kier molecular flexibility index (Phi) is 10.3. The summed E-state index contributed by atoms with van der Waals surface area (Å²) in [7, 11) is 0. The van der Waals surface area contributed by atoms with Crippen LogP contribution in [0.3, 0.4) is 0 Å². The molecule has 3 rings (SSSR count). The van der Waals surface area contributed by atoms with Gasteiger partial charge in [-0.3, -0.25) is 0 Å². The van der Waals surface area contributed by atoms with Crippen LogP contribution in [0.5, 0.6) is 0 Å². The molecule has 0 N–H and O–H groups in total. The fourth-order valence-electron chi connectivity index (χ4n) is 5.12. The normalized spacial score (nSPS) is 19.2. The minimum atomic E-state index is -5.15. The van der Waals surface area contributed by atoms with Gasteiger partial charge in [0.15, 0.2) is 0 Å². The molecule has 0 aromatic heterocycles. The zero-order chi connectivity index (χ0) is 26.2. The predicted octanol–water partition coefficient (Wildman–Crippen LogP) is 6.54. The molecule has 36 heavy (non-hydrogen) atoms. The van der Waals surface area contributed by atoms with Crippen molar-refractivity contribution in [1.29, 1.82) is 0 Å². The molecule has 2 aromatic rings. The molecule has 5 nitrogen and oxygen atoms in total. The third kappa shape index (κ3) is 7.73. The van der Waals surface area contributed by atoms with Gasteiger partial charge < -0.3 is 0 Å². The zero-order valence-corrected chi connectivity index (χ0v) is 25.6. The molecular formula is C30H43NO4Sn. The first-order valence-electron chi connectivity index (χ1n) is 13.4. The van der Waals surface area contributed by atoms with Gasteiger partial charge in [-0.15, -0.1) is 0 Å². The Morgan fingerprint density at radius 1 is 0.722 bits per heavy atom. The fraction of sp³-hybridized carbons (Fsp3) is 0.533. The summed E-state index contributed by atoms with van der Waals surface area (Å²) in [5.41, 5.74) is -0.449. The Hall–Kier alpha value is -1.54. The van der Waals surface area contributed by atoms with Gasteiger partial charge in [0.05, 0.1) is 0 Å². The van der Waals surface area contributed by atoms with Crippen molar-refractivity contribution >= 4 is 26.8 Å². The van der Waals surface area contributed by atoms with E-state index in [2.05, 4.69) is 11.8 Å². The van der Waals surface area contributed by atoms with Gasteiger partial charge in [-0.1, -0.05) is 0 Å². The molecule has 6 heteroatoms. The van der Waals surface area contributed by atoms with Crippen molar-refractivity contribution in [2.24, 2.45) is 0 Å². The molecule has 0 radical (unpaired) electrons. The van der Waals surface area contributed by atoms with E-state index in [-0.39, 0.29) is 7.60 Å². The standard InChI is InChI=1S/C16H33NO2.2C7H5O.Sn/c1-6-7-8-9-10-11-12-17(13-15(2,3)18)14-16(4,5)19;2*8-6-7-4-2-1-3-5-7;/h6-14H2,1-5H3;2*1-5H;/q-2;;;+2. The number of rotatable bonds is 11. The molecule has 0 aliphatic carbocycles. The first kappa shape index (κ1) is 29.0. The second kappa shape index (κ2) is 12.8. The van der Waals surface area contributed by atoms with E-state index in [1.54, 1.807) is 24.3 Å². The average molecular weight is 600 g/mol. The van der Waals surface area contributed by atoms with Crippen LogP contribution in [0.2, 0.25) is 0 Å². The van der Waals surface area contributed by atoms with Crippen LogP contribution >= 0.6 is 0 Å². The second-order valence-electron chi connectivity index (χ2n) is 11.2. The predicted molar refractivity (Wildman–Crippen MR) is 147 cm³/mol. The molecule has 196 valence electrons. The van der Waals surface area contributed by atoms with Crippen molar-refractivity contribution in [1.82, 2.24) is 4.90 Å². The molecule has 1 fully saturated rings. The number of benzene rings is 2. The van der Waals surface area contributed by atoms with Crippen molar-refractivity contribution in [2.45, 2.75) is 84.3 Å². The van der Waals surface area contributed by atoms with Crippen LogP contribution in [0.25, 0.3) is 0 Å². The first-order chi connectivity index (χ1) is 17.1. The van der Waals surface area contributed by atoms with E-state index in [0.717, 1.165) is 13.0 Å². The summed E-state index contributed by atoms with van der Waals surface area (Å²) in [6.45, 7) is 12.5. The molecule has 0 atom stereocenters. The summed E-state index contributed by atoms with van der Waals surface area (Å²) < 4.78 is 13.0. The summed E-state index contributed by atoms with van der Waals surface area (Å²) in [4.78, 5) is 30.7. The van der Waals surface area contributed by atoms with Crippen LogP contribution in [0.1, 0.15) is 93.9 Å². The third-order valence-electron chi connectivity index (χ3n) is 6.55. The number of unbranched alkanes of at least 4 members (excludes halogenated alkanes) is 5. The van der Waals surface area contributed by atoms with Gasteiger partial charge in [0.2, 0.25) is 0 Å². The number of hydrogen-bond acceptors (Lipinski definition) is 5. The number of carbonyl (C=O) groups excluding carboxylic acids is 2. The molecule has 0 bridgehead atoms. The molecule has 1 aliphatic rings. The van der Waals surface area contributed by atoms with Crippen molar-refractivity contribution in [3.05, 3.63) is 71.8 Å². The third-order valence-corrected chi connectivity index (χ3v) is 16.4. The van der Waals surface area contributed by atoms with E-state index in [9.17, 15) is 9.59 Å². The fourth-order valence-corrected chi connectivity index (χ4v) is 14.8. The van der Waals surface area contributed by atoms with E-state index in [4.69, 9.17) is 6.15 Å². The van der Waals surface area contributed by atoms with Crippen molar-refractivity contribution < 1.29 is 15.7 Å². The van der Waals surface area contributed by atoms with Gasteiger partial charge in [-0.25, -0.2) is 0 Å². The summed E-state index contributed by atoms with van der Waals surface area (Å²) in [6.07, 6.45) is 7.43. The quantitative estimate of drug-likeness (QED) is 0.217. The molecule has 0 amide bonds. The van der Waals surface area contributed by atoms with Crippen LogP contribution < -0.4 is 0 Å². The summed E-state index contributed by atoms with van der Waals surface area (Å²) >= 11 is -5.15. The number of hydrogen-bond donors (Lipinski definition) is 0. The van der Waals surface area contributed by atoms with Gasteiger partial charge >= 0.3 is 223 Å². The van der Waals surface area contributed by atoms with Gasteiger partial charge in [-0.05, 0) is 0 Å². The molecule has 1 saturated heterocycles. The summed E-state index contributed by atoms with van der Waals surface area (Å²) in [5.74, 6) is 0. The Balaban J connectivity index is 1.93. The van der Waals surface area contributed by atoms with E-state index in [1.807, 2.05) is 64.1 Å². The van der Waals surface area contributed by atoms with Gasteiger partial charge in [0.1, 0.15) is 0 Å². The zero-order valence-electron chi connectivity index (χ0n) is 22.7. The molecular weight excluding hydrogens is 557 g/mol. The second-order valence-corrected chi connectivity index (χ2v) is 18.5. The van der Waals surface area contributed by atoms with Crippen LogP contribution in [0, 0.1) is 0 Å². The van der Waals surface area contributed by atoms with E-state index in [0.29, 0.717) is 24.2 Å². The Labute approximate surface area is 222 Å². The maximum absolute atomic E-state index is 14.2. The van der Waals surface area contributed by atoms with Gasteiger partial charge in [0, 0.05) is 0 Å². The SMILES string of the molecule is CCCCCCCCN1CC(C)(C)[O][Sn]([C](=O)c2ccccc2)([C](=O)c2ccccc2)[O]C(C)(C)C1. The van der Waals surface area contributed by atoms with Crippen molar-refractivity contribution in [3.8, 4) is 0 Å². The molecule has 2 aromatic carbocycles. The van der Waals surface area contributed by atoms with Gasteiger partial charge in [-0.2, -0.15) is 0 Å². The number of nitrogens with zero attached hydrogens (tertiary/aromatic N) is 1. The Morgan fingerprint density at radius 3 is 1.58 bits per heavy atom. The van der Waals surface area contributed by atoms with Gasteiger partial charge in [0.25, 0.3) is 0 Å². The van der Waals surface area contributed by atoms with Crippen molar-refractivity contribution in [2.75, 3.05) is 19.6 Å². The molecule has 0 saturated carbocycles. The topological polar surface area (TPSA) is 55.8 Å². The summed E-state index contributed by atoms with van der Waals surface area (Å²) in [6, 6.07) is 18.1. The van der Waals surface area contributed by atoms with Crippen LogP contribution in [-0.4, -0.2) is 62.5 Å². The summed E-state index contributed by atoms with van der Waals surface area (Å²) in [5, 5.41) is 0. The maximum atomic E-state index is 14.2. The first-order valence-corrected chi connectivity index (χ1v) is 18.6. The monoisotopic (exact) mass is 601 g/mol. The van der Waals surface area contributed by atoms with E-state index < -0.39 is 30.4 Å². The minimum absolute atomic E-state index is 0.260. The number of carbonyl (C=O) groups is 2. The molecule has 1 heterocycles. The van der Waals surface area contributed by atoms with Crippen LogP contribution in [0.4, 0.5) is 0 Å². The van der Waals surface area contributed by atoms with E-state index >= 15 is 0 Å². The molecule has 0 unspecified atom stereocenters. The Morgan fingerprint density at radius 2 is 1.14 bits per heavy atom. The Bertz CT molecular complexity index is 917. The van der Waals surface area contributed by atoms with Crippen LogP contribution in [0.15, 0.2) is 60.7 Å². The van der Waals surface area contributed by atoms with Crippen LogP contribution in [-0.2, 0) is 6.15 Å².